The number of benzene rings is 1. The zero-order valence-corrected chi connectivity index (χ0v) is 10.6. The number of hydrazine groups is 1. The predicted octanol–water partition coefficient (Wildman–Crippen LogP) is 1.84. The average Bonchev–Trinajstić information content (AvgIpc) is 2.80. The third-order valence-electron chi connectivity index (χ3n) is 3.03. The van der Waals surface area contributed by atoms with Gasteiger partial charge in [0.05, 0.1) is 6.20 Å². The van der Waals surface area contributed by atoms with Gasteiger partial charge in [-0.3, -0.25) is 16.0 Å². The van der Waals surface area contributed by atoms with Crippen molar-refractivity contribution in [1.29, 1.82) is 0 Å². The Balaban J connectivity index is 2.05. The normalized spacial score (nSPS) is 12.6. The Labute approximate surface area is 110 Å². The van der Waals surface area contributed by atoms with Gasteiger partial charge in [0.15, 0.2) is 11.6 Å². The molecule has 0 bridgehead atoms. The zero-order chi connectivity index (χ0) is 13.8. The van der Waals surface area contributed by atoms with Gasteiger partial charge < -0.3 is 0 Å². The molecule has 0 spiro atoms. The number of hydrogen-bond acceptors (Lipinski definition) is 3. The Bertz CT molecular complexity index is 553. The molecule has 0 radical (unpaired) electrons. The highest BCUT2D eigenvalue weighted by Gasteiger charge is 2.13. The first-order valence-corrected chi connectivity index (χ1v) is 5.98. The summed E-state index contributed by atoms with van der Waals surface area (Å²) in [6, 6.07) is 3.59. The minimum atomic E-state index is -0.862. The van der Waals surface area contributed by atoms with Crippen LogP contribution in [-0.4, -0.2) is 9.78 Å². The van der Waals surface area contributed by atoms with Gasteiger partial charge >= 0.3 is 0 Å². The van der Waals surface area contributed by atoms with E-state index in [0.29, 0.717) is 12.0 Å². The number of rotatable bonds is 5. The molecule has 3 N–H and O–H groups in total. The smallest absolute Gasteiger partial charge is 0.159 e. The summed E-state index contributed by atoms with van der Waals surface area (Å²) < 4.78 is 27.8. The Morgan fingerprint density at radius 2 is 2.16 bits per heavy atom. The average molecular weight is 266 g/mol. The Hall–Kier alpha value is -1.79. The van der Waals surface area contributed by atoms with E-state index in [9.17, 15) is 8.78 Å². The number of halogens is 2. The molecule has 0 fully saturated rings. The molecule has 2 rings (SSSR count). The van der Waals surface area contributed by atoms with Gasteiger partial charge in [-0.25, -0.2) is 8.78 Å². The van der Waals surface area contributed by atoms with Gasteiger partial charge in [-0.05, 0) is 36.1 Å². The van der Waals surface area contributed by atoms with Crippen LogP contribution in [0.1, 0.15) is 23.6 Å². The van der Waals surface area contributed by atoms with Crippen LogP contribution in [0, 0.1) is 11.6 Å². The summed E-state index contributed by atoms with van der Waals surface area (Å²) in [5.41, 5.74) is 4.33. The van der Waals surface area contributed by atoms with E-state index >= 15 is 0 Å². The standard InChI is InChI=1S/C13H16F2N4/c1-19-8-9(7-17-19)2-5-13(18-16)10-3-4-11(14)12(15)6-10/h3-4,6-8,13,18H,2,5,16H2,1H3. The van der Waals surface area contributed by atoms with E-state index in [1.54, 1.807) is 10.9 Å². The second-order valence-electron chi connectivity index (χ2n) is 4.45. The minimum Gasteiger partial charge on any atom is -0.276 e. The van der Waals surface area contributed by atoms with E-state index in [4.69, 9.17) is 5.84 Å². The van der Waals surface area contributed by atoms with Crippen LogP contribution in [0.15, 0.2) is 30.6 Å². The lowest BCUT2D eigenvalue weighted by Crippen LogP contribution is -2.28. The largest absolute Gasteiger partial charge is 0.276 e. The lowest BCUT2D eigenvalue weighted by atomic mass is 10.0. The zero-order valence-electron chi connectivity index (χ0n) is 10.6. The molecule has 4 nitrogen and oxygen atoms in total. The number of nitrogens with zero attached hydrogens (tertiary/aromatic N) is 2. The van der Waals surface area contributed by atoms with Crippen LogP contribution in [0.25, 0.3) is 0 Å². The fourth-order valence-corrected chi connectivity index (χ4v) is 1.99. The molecule has 0 aliphatic rings. The number of nitrogens with one attached hydrogen (secondary N) is 1. The molecule has 1 aromatic carbocycles. The summed E-state index contributed by atoms with van der Waals surface area (Å²) in [5, 5.41) is 4.07. The van der Waals surface area contributed by atoms with Crippen molar-refractivity contribution in [3.8, 4) is 0 Å². The number of aryl methyl sites for hydroxylation is 2. The Morgan fingerprint density at radius 1 is 1.37 bits per heavy atom. The molecule has 1 unspecified atom stereocenters. The SMILES string of the molecule is Cn1cc(CCC(NN)c2ccc(F)c(F)c2)cn1. The summed E-state index contributed by atoms with van der Waals surface area (Å²) in [6.07, 6.45) is 5.12. The quantitative estimate of drug-likeness (QED) is 0.641. The maximum atomic E-state index is 13.2. The van der Waals surface area contributed by atoms with Crippen molar-refractivity contribution in [3.63, 3.8) is 0 Å². The molecule has 19 heavy (non-hydrogen) atoms. The molecule has 1 aromatic heterocycles. The molecular formula is C13H16F2N4. The third-order valence-corrected chi connectivity index (χ3v) is 3.03. The van der Waals surface area contributed by atoms with E-state index in [1.807, 2.05) is 13.2 Å². The van der Waals surface area contributed by atoms with E-state index in [2.05, 4.69) is 10.5 Å². The van der Waals surface area contributed by atoms with E-state index in [1.165, 1.54) is 12.1 Å². The van der Waals surface area contributed by atoms with Crippen molar-refractivity contribution < 1.29 is 8.78 Å². The summed E-state index contributed by atoms with van der Waals surface area (Å²) in [5.74, 6) is 3.76. The van der Waals surface area contributed by atoms with Crippen molar-refractivity contribution in [2.45, 2.75) is 18.9 Å². The van der Waals surface area contributed by atoms with Crippen LogP contribution in [0.5, 0.6) is 0 Å². The van der Waals surface area contributed by atoms with E-state index in [0.717, 1.165) is 18.1 Å². The van der Waals surface area contributed by atoms with Crippen molar-refractivity contribution in [2.75, 3.05) is 0 Å². The number of hydrogen-bond donors (Lipinski definition) is 2. The van der Waals surface area contributed by atoms with Crippen molar-refractivity contribution in [2.24, 2.45) is 12.9 Å². The first kappa shape index (κ1) is 13.6. The highest BCUT2D eigenvalue weighted by atomic mass is 19.2. The van der Waals surface area contributed by atoms with Crippen LogP contribution in [-0.2, 0) is 13.5 Å². The van der Waals surface area contributed by atoms with Gasteiger partial charge in [-0.2, -0.15) is 5.10 Å². The molecule has 102 valence electrons. The highest BCUT2D eigenvalue weighted by molar-refractivity contribution is 5.21. The lowest BCUT2D eigenvalue weighted by molar-refractivity contribution is 0.488. The summed E-state index contributed by atoms with van der Waals surface area (Å²) in [6.45, 7) is 0. The first-order chi connectivity index (χ1) is 9.10. The van der Waals surface area contributed by atoms with Gasteiger partial charge in [-0.15, -0.1) is 0 Å². The van der Waals surface area contributed by atoms with Crippen LogP contribution in [0.2, 0.25) is 0 Å². The molecule has 0 saturated carbocycles. The first-order valence-electron chi connectivity index (χ1n) is 5.98. The molecular weight excluding hydrogens is 250 g/mol. The molecule has 0 saturated heterocycles. The molecule has 1 heterocycles. The van der Waals surface area contributed by atoms with Gasteiger partial charge in [-0.1, -0.05) is 6.07 Å². The molecule has 0 aliphatic heterocycles. The number of nitrogens with two attached hydrogens (primary N) is 1. The fourth-order valence-electron chi connectivity index (χ4n) is 1.99. The van der Waals surface area contributed by atoms with Gasteiger partial charge in [0.25, 0.3) is 0 Å². The molecule has 0 aliphatic carbocycles. The van der Waals surface area contributed by atoms with Gasteiger partial charge in [0.1, 0.15) is 0 Å². The minimum absolute atomic E-state index is 0.227. The monoisotopic (exact) mass is 266 g/mol. The maximum absolute atomic E-state index is 13.2. The fraction of sp³-hybridized carbons (Fsp3) is 0.308. The van der Waals surface area contributed by atoms with Crippen LogP contribution >= 0.6 is 0 Å². The molecule has 6 heteroatoms. The lowest BCUT2D eigenvalue weighted by Gasteiger charge is -2.16. The molecule has 0 amide bonds. The van der Waals surface area contributed by atoms with Crippen molar-refractivity contribution >= 4 is 0 Å². The van der Waals surface area contributed by atoms with E-state index in [-0.39, 0.29) is 6.04 Å². The second kappa shape index (κ2) is 5.90. The van der Waals surface area contributed by atoms with Crippen LogP contribution < -0.4 is 11.3 Å². The topological polar surface area (TPSA) is 55.9 Å². The van der Waals surface area contributed by atoms with Crippen molar-refractivity contribution in [3.05, 3.63) is 53.4 Å². The van der Waals surface area contributed by atoms with E-state index < -0.39 is 11.6 Å². The molecule has 2 aromatic rings. The Kier molecular flexibility index (Phi) is 4.24. The summed E-state index contributed by atoms with van der Waals surface area (Å²) in [7, 11) is 1.84. The van der Waals surface area contributed by atoms with Crippen LogP contribution in [0.3, 0.4) is 0 Å². The predicted molar refractivity (Wildman–Crippen MR) is 68.0 cm³/mol. The highest BCUT2D eigenvalue weighted by Crippen LogP contribution is 2.20. The van der Waals surface area contributed by atoms with Crippen molar-refractivity contribution in [1.82, 2.24) is 15.2 Å². The molecule has 1 atom stereocenters. The van der Waals surface area contributed by atoms with Gasteiger partial charge in [0.2, 0.25) is 0 Å². The summed E-state index contributed by atoms with van der Waals surface area (Å²) in [4.78, 5) is 0. The number of aromatic nitrogens is 2. The maximum Gasteiger partial charge on any atom is 0.159 e. The van der Waals surface area contributed by atoms with Crippen LogP contribution in [0.4, 0.5) is 8.78 Å². The summed E-state index contributed by atoms with van der Waals surface area (Å²) >= 11 is 0. The second-order valence-corrected chi connectivity index (χ2v) is 4.45. The van der Waals surface area contributed by atoms with Gasteiger partial charge in [0, 0.05) is 19.3 Å². The Morgan fingerprint density at radius 3 is 2.74 bits per heavy atom. The third kappa shape index (κ3) is 3.36.